The number of aryl methyl sites for hydroxylation is 1. The van der Waals surface area contributed by atoms with E-state index in [-0.39, 0.29) is 0 Å². The van der Waals surface area contributed by atoms with Crippen LogP contribution in [0.5, 0.6) is 0 Å². The molecule has 0 radical (unpaired) electrons. The Balaban J connectivity index is 1.58. The maximum absolute atomic E-state index is 5.10. The summed E-state index contributed by atoms with van der Waals surface area (Å²) in [6, 6.07) is 8.76. The first kappa shape index (κ1) is 15.8. The number of benzene rings is 1. The highest BCUT2D eigenvalue weighted by Gasteiger charge is 2.25. The van der Waals surface area contributed by atoms with Gasteiger partial charge in [0, 0.05) is 26.1 Å². The van der Waals surface area contributed by atoms with E-state index in [1.54, 1.807) is 0 Å². The van der Waals surface area contributed by atoms with E-state index >= 15 is 0 Å². The van der Waals surface area contributed by atoms with Crippen molar-refractivity contribution >= 4 is 16.9 Å². The molecule has 2 aliphatic rings. The van der Waals surface area contributed by atoms with E-state index < -0.39 is 0 Å². The molecule has 0 bridgehead atoms. The maximum atomic E-state index is 5.10. The van der Waals surface area contributed by atoms with Crippen molar-refractivity contribution in [3.8, 4) is 0 Å². The van der Waals surface area contributed by atoms with Crippen LogP contribution in [-0.2, 0) is 20.0 Å². The van der Waals surface area contributed by atoms with Crippen LogP contribution < -0.4 is 4.90 Å². The predicted octanol–water partition coefficient (Wildman–Crippen LogP) is 3.97. The standard InChI is InChI=1S/C21H25N5/c1-25-20-18(13-22-25)21(24-19(23-20)16-8-3-2-4-9-16)26-12-11-15-7-5-6-10-17(15)14-26/h5-7,10,13,16H,2-4,8-9,11-12,14H2,1H3. The van der Waals surface area contributed by atoms with Crippen LogP contribution in [0.15, 0.2) is 30.5 Å². The summed E-state index contributed by atoms with van der Waals surface area (Å²) in [6.45, 7) is 1.92. The van der Waals surface area contributed by atoms with Crippen molar-refractivity contribution < 1.29 is 0 Å². The Morgan fingerprint density at radius 1 is 1.00 bits per heavy atom. The smallest absolute Gasteiger partial charge is 0.163 e. The molecule has 1 saturated carbocycles. The molecule has 1 aliphatic carbocycles. The molecule has 3 heterocycles. The third kappa shape index (κ3) is 2.66. The van der Waals surface area contributed by atoms with Crippen LogP contribution in [0.1, 0.15) is 55.0 Å². The molecule has 1 aliphatic heterocycles. The van der Waals surface area contributed by atoms with Gasteiger partial charge in [-0.3, -0.25) is 4.68 Å². The second kappa shape index (κ2) is 6.38. The summed E-state index contributed by atoms with van der Waals surface area (Å²) in [5.41, 5.74) is 3.84. The maximum Gasteiger partial charge on any atom is 0.163 e. The van der Waals surface area contributed by atoms with Crippen LogP contribution >= 0.6 is 0 Å². The fourth-order valence-corrected chi connectivity index (χ4v) is 4.48. The van der Waals surface area contributed by atoms with Crippen molar-refractivity contribution in [1.82, 2.24) is 19.7 Å². The third-order valence-corrected chi connectivity index (χ3v) is 5.99. The summed E-state index contributed by atoms with van der Waals surface area (Å²) < 4.78 is 1.89. The molecule has 0 atom stereocenters. The number of rotatable bonds is 2. The van der Waals surface area contributed by atoms with E-state index in [2.05, 4.69) is 34.3 Å². The van der Waals surface area contributed by atoms with Crippen LogP contribution in [-0.4, -0.2) is 26.3 Å². The molecule has 0 unspecified atom stereocenters. The normalized spacial score (nSPS) is 18.3. The van der Waals surface area contributed by atoms with E-state index in [1.165, 1.54) is 43.2 Å². The molecule has 0 amide bonds. The molecule has 2 aromatic heterocycles. The lowest BCUT2D eigenvalue weighted by atomic mass is 9.88. The number of hydrogen-bond acceptors (Lipinski definition) is 4. The Morgan fingerprint density at radius 2 is 1.81 bits per heavy atom. The van der Waals surface area contributed by atoms with Gasteiger partial charge in [0.1, 0.15) is 11.6 Å². The number of anilines is 1. The first-order chi connectivity index (χ1) is 12.8. The van der Waals surface area contributed by atoms with Crippen LogP contribution in [0.25, 0.3) is 11.0 Å². The van der Waals surface area contributed by atoms with Gasteiger partial charge in [-0.2, -0.15) is 5.10 Å². The molecule has 1 aromatic carbocycles. The fraction of sp³-hybridized carbons (Fsp3) is 0.476. The van der Waals surface area contributed by atoms with Crippen molar-refractivity contribution in [3.63, 3.8) is 0 Å². The summed E-state index contributed by atoms with van der Waals surface area (Å²) in [6.07, 6.45) is 9.36. The number of fused-ring (bicyclic) bond motifs is 2. The Kier molecular flexibility index (Phi) is 3.88. The Bertz CT molecular complexity index is 939. The van der Waals surface area contributed by atoms with Gasteiger partial charge in [0.15, 0.2) is 5.65 Å². The number of nitrogens with zero attached hydrogens (tertiary/aromatic N) is 5. The van der Waals surface area contributed by atoms with Crippen molar-refractivity contribution in [2.75, 3.05) is 11.4 Å². The van der Waals surface area contributed by atoms with Gasteiger partial charge in [-0.15, -0.1) is 0 Å². The van der Waals surface area contributed by atoms with Gasteiger partial charge in [0.2, 0.25) is 0 Å². The van der Waals surface area contributed by atoms with Gasteiger partial charge in [-0.1, -0.05) is 43.5 Å². The molecule has 5 heteroatoms. The number of hydrogen-bond donors (Lipinski definition) is 0. The molecule has 0 saturated heterocycles. The van der Waals surface area contributed by atoms with Gasteiger partial charge in [0.05, 0.1) is 11.6 Å². The van der Waals surface area contributed by atoms with Crippen molar-refractivity contribution in [3.05, 3.63) is 47.4 Å². The lowest BCUT2D eigenvalue weighted by Crippen LogP contribution is -2.31. The van der Waals surface area contributed by atoms with Gasteiger partial charge < -0.3 is 4.90 Å². The van der Waals surface area contributed by atoms with E-state index in [1.807, 2.05) is 17.9 Å². The highest BCUT2D eigenvalue weighted by atomic mass is 15.3. The quantitative estimate of drug-likeness (QED) is 0.704. The molecule has 0 N–H and O–H groups in total. The molecule has 0 spiro atoms. The van der Waals surface area contributed by atoms with Crippen LogP contribution in [0.3, 0.4) is 0 Å². The summed E-state index contributed by atoms with van der Waals surface area (Å²) in [5, 5.41) is 5.54. The van der Waals surface area contributed by atoms with Gasteiger partial charge >= 0.3 is 0 Å². The zero-order chi connectivity index (χ0) is 17.5. The van der Waals surface area contributed by atoms with Gasteiger partial charge in [-0.25, -0.2) is 9.97 Å². The topological polar surface area (TPSA) is 46.8 Å². The monoisotopic (exact) mass is 347 g/mol. The minimum atomic E-state index is 0.499. The zero-order valence-corrected chi connectivity index (χ0v) is 15.4. The first-order valence-electron chi connectivity index (χ1n) is 9.81. The fourth-order valence-electron chi connectivity index (χ4n) is 4.48. The minimum Gasteiger partial charge on any atom is -0.351 e. The van der Waals surface area contributed by atoms with Crippen LogP contribution in [0.2, 0.25) is 0 Å². The lowest BCUT2D eigenvalue weighted by Gasteiger charge is -2.31. The first-order valence-corrected chi connectivity index (χ1v) is 9.81. The molecule has 3 aromatic rings. The van der Waals surface area contributed by atoms with Gasteiger partial charge in [0.25, 0.3) is 0 Å². The zero-order valence-electron chi connectivity index (χ0n) is 15.4. The molecule has 5 rings (SSSR count). The second-order valence-corrected chi connectivity index (χ2v) is 7.69. The molecule has 26 heavy (non-hydrogen) atoms. The molecular formula is C21H25N5. The highest BCUT2D eigenvalue weighted by molar-refractivity contribution is 5.87. The second-order valence-electron chi connectivity index (χ2n) is 7.69. The average molecular weight is 347 g/mol. The van der Waals surface area contributed by atoms with Crippen molar-refractivity contribution in [2.45, 2.75) is 51.0 Å². The molecule has 134 valence electrons. The van der Waals surface area contributed by atoms with E-state index in [9.17, 15) is 0 Å². The summed E-state index contributed by atoms with van der Waals surface area (Å²) in [7, 11) is 1.98. The Labute approximate surface area is 154 Å². The SMILES string of the molecule is Cn1ncc2c(N3CCc4ccccc4C3)nc(C3CCCCC3)nc21. The lowest BCUT2D eigenvalue weighted by molar-refractivity contribution is 0.429. The van der Waals surface area contributed by atoms with Crippen molar-refractivity contribution in [2.24, 2.45) is 7.05 Å². The Morgan fingerprint density at radius 3 is 2.65 bits per heavy atom. The summed E-state index contributed by atoms with van der Waals surface area (Å²) >= 11 is 0. The van der Waals surface area contributed by atoms with Crippen LogP contribution in [0.4, 0.5) is 5.82 Å². The highest BCUT2D eigenvalue weighted by Crippen LogP contribution is 2.34. The Hall–Kier alpha value is -2.43. The van der Waals surface area contributed by atoms with Gasteiger partial charge in [-0.05, 0) is 30.4 Å². The molecule has 5 nitrogen and oxygen atoms in total. The minimum absolute atomic E-state index is 0.499. The molecular weight excluding hydrogens is 322 g/mol. The average Bonchev–Trinajstić information content (AvgIpc) is 3.08. The summed E-state index contributed by atoms with van der Waals surface area (Å²) in [5.74, 6) is 2.59. The predicted molar refractivity (Wildman–Crippen MR) is 103 cm³/mol. The van der Waals surface area contributed by atoms with E-state index in [4.69, 9.17) is 9.97 Å². The third-order valence-electron chi connectivity index (χ3n) is 5.99. The van der Waals surface area contributed by atoms with Crippen LogP contribution in [0, 0.1) is 0 Å². The number of aromatic nitrogens is 4. The van der Waals surface area contributed by atoms with E-state index in [0.717, 1.165) is 42.2 Å². The van der Waals surface area contributed by atoms with E-state index in [0.29, 0.717) is 5.92 Å². The molecule has 1 fully saturated rings. The van der Waals surface area contributed by atoms with Crippen molar-refractivity contribution in [1.29, 1.82) is 0 Å². The summed E-state index contributed by atoms with van der Waals surface area (Å²) in [4.78, 5) is 12.4. The largest absolute Gasteiger partial charge is 0.351 e.